The van der Waals surface area contributed by atoms with Crippen LogP contribution in [0.1, 0.15) is 27.2 Å². The third-order valence-electron chi connectivity index (χ3n) is 3.30. The summed E-state index contributed by atoms with van der Waals surface area (Å²) >= 11 is 1.20. The minimum absolute atomic E-state index is 0.152. The van der Waals surface area contributed by atoms with Crippen molar-refractivity contribution < 1.29 is 9.53 Å². The Morgan fingerprint density at radius 3 is 2.77 bits per heavy atom. The minimum atomic E-state index is -0.302. The number of ether oxygens (including phenoxy) is 1. The maximum absolute atomic E-state index is 11.4. The highest BCUT2D eigenvalue weighted by atomic mass is 32.2. The molecule has 0 bridgehead atoms. The normalized spacial score (nSPS) is 11.9. The molecule has 0 saturated heterocycles. The number of anilines is 2. The highest BCUT2D eigenvalue weighted by Gasteiger charge is 2.14. The number of carbonyl (C=O) groups excluding carboxylic acids is 1. The molecule has 0 unspecified atom stereocenters. The van der Waals surface area contributed by atoms with Gasteiger partial charge < -0.3 is 15.0 Å². The Balaban J connectivity index is 2.20. The fourth-order valence-electron chi connectivity index (χ4n) is 1.78. The first-order valence-corrected chi connectivity index (χ1v) is 9.31. The zero-order valence-corrected chi connectivity index (χ0v) is 16.4. The third-order valence-corrected chi connectivity index (χ3v) is 4.13. The molecular formula is C15H24N8O2S. The molecule has 0 aliphatic rings. The Bertz CT molecular complexity index is 736. The van der Waals surface area contributed by atoms with Crippen molar-refractivity contribution in [2.75, 3.05) is 36.7 Å². The molecule has 1 atom stereocenters. The van der Waals surface area contributed by atoms with Gasteiger partial charge in [0.15, 0.2) is 0 Å². The summed E-state index contributed by atoms with van der Waals surface area (Å²) in [5.41, 5.74) is 0. The van der Waals surface area contributed by atoms with Crippen LogP contribution in [0.3, 0.4) is 0 Å². The fraction of sp³-hybridized carbons (Fsp3) is 0.600. The number of nitrogens with one attached hydrogen (secondary N) is 1. The number of nitrogens with zero attached hydrogens (tertiary/aromatic N) is 7. The van der Waals surface area contributed by atoms with Crippen molar-refractivity contribution in [1.29, 1.82) is 0 Å². The van der Waals surface area contributed by atoms with E-state index < -0.39 is 0 Å². The number of thioether (sulfide) groups is 1. The molecule has 2 aromatic heterocycles. The Morgan fingerprint density at radius 1 is 1.35 bits per heavy atom. The molecule has 0 fully saturated rings. The van der Waals surface area contributed by atoms with Gasteiger partial charge in [-0.05, 0) is 20.3 Å². The number of rotatable bonds is 9. The monoisotopic (exact) mass is 380 g/mol. The van der Waals surface area contributed by atoms with Crippen molar-refractivity contribution in [3.05, 3.63) is 6.33 Å². The average molecular weight is 380 g/mol. The van der Waals surface area contributed by atoms with Crippen LogP contribution >= 0.6 is 11.8 Å². The molecule has 0 aliphatic heterocycles. The lowest BCUT2D eigenvalue weighted by Crippen LogP contribution is -2.21. The second-order valence-corrected chi connectivity index (χ2v) is 6.61. The fourth-order valence-corrected chi connectivity index (χ4v) is 2.38. The van der Waals surface area contributed by atoms with E-state index in [1.165, 1.54) is 22.8 Å². The third kappa shape index (κ3) is 5.55. The average Bonchev–Trinajstić information content (AvgIpc) is 3.09. The standard InChI is InChI=1S/C15H24N8O2S/c1-6-10(3)17-12-18-13(22(4)5)20-14(19-12)23-9-16-15(21-23)26-8-11(24)25-7-2/h9-10H,6-8H2,1-5H3,(H,17,18,19,20)/t10-/m0/s1. The maximum atomic E-state index is 11.4. The molecule has 2 heterocycles. The van der Waals surface area contributed by atoms with E-state index in [0.717, 1.165) is 6.42 Å². The van der Waals surface area contributed by atoms with Gasteiger partial charge in [0.2, 0.25) is 17.1 Å². The zero-order valence-electron chi connectivity index (χ0n) is 15.6. The van der Waals surface area contributed by atoms with Crippen molar-refractivity contribution in [3.63, 3.8) is 0 Å². The van der Waals surface area contributed by atoms with E-state index in [1.54, 1.807) is 11.8 Å². The summed E-state index contributed by atoms with van der Waals surface area (Å²) in [6.07, 6.45) is 2.45. The topological polar surface area (TPSA) is 111 Å². The predicted molar refractivity (Wildman–Crippen MR) is 99.8 cm³/mol. The van der Waals surface area contributed by atoms with Crippen LogP contribution in [0, 0.1) is 0 Å². The van der Waals surface area contributed by atoms with Crippen LogP contribution in [0.5, 0.6) is 0 Å². The molecule has 0 radical (unpaired) electrons. The van der Waals surface area contributed by atoms with Gasteiger partial charge in [0.1, 0.15) is 6.33 Å². The van der Waals surface area contributed by atoms with Gasteiger partial charge in [0.05, 0.1) is 12.4 Å². The lowest BCUT2D eigenvalue weighted by Gasteiger charge is -2.15. The van der Waals surface area contributed by atoms with E-state index in [0.29, 0.717) is 29.6 Å². The van der Waals surface area contributed by atoms with Crippen LogP contribution < -0.4 is 10.2 Å². The molecule has 11 heteroatoms. The first-order chi connectivity index (χ1) is 12.4. The quantitative estimate of drug-likeness (QED) is 0.506. The van der Waals surface area contributed by atoms with Crippen molar-refractivity contribution in [3.8, 4) is 5.95 Å². The van der Waals surface area contributed by atoms with Crippen molar-refractivity contribution in [2.24, 2.45) is 0 Å². The summed E-state index contributed by atoms with van der Waals surface area (Å²) in [6.45, 7) is 6.25. The number of carbonyl (C=O) groups is 1. The van der Waals surface area contributed by atoms with Gasteiger partial charge >= 0.3 is 5.97 Å². The molecule has 2 aromatic rings. The summed E-state index contributed by atoms with van der Waals surface area (Å²) in [5.74, 6) is 1.19. The van der Waals surface area contributed by atoms with Gasteiger partial charge in [-0.3, -0.25) is 4.79 Å². The highest BCUT2D eigenvalue weighted by Crippen LogP contribution is 2.15. The summed E-state index contributed by atoms with van der Waals surface area (Å²) in [7, 11) is 3.71. The maximum Gasteiger partial charge on any atom is 0.316 e. The molecule has 2 rings (SSSR count). The summed E-state index contributed by atoms with van der Waals surface area (Å²) in [5, 5.41) is 8.00. The Morgan fingerprint density at radius 2 is 2.12 bits per heavy atom. The Hall–Kier alpha value is -2.43. The van der Waals surface area contributed by atoms with Gasteiger partial charge in [-0.25, -0.2) is 4.98 Å². The molecule has 26 heavy (non-hydrogen) atoms. The molecule has 0 amide bonds. The molecule has 0 saturated carbocycles. The second kappa shape index (κ2) is 9.32. The first kappa shape index (κ1) is 19.9. The van der Waals surface area contributed by atoms with Gasteiger partial charge in [-0.2, -0.15) is 19.6 Å². The number of hydrogen-bond acceptors (Lipinski definition) is 10. The smallest absolute Gasteiger partial charge is 0.316 e. The highest BCUT2D eigenvalue weighted by molar-refractivity contribution is 7.99. The molecular weight excluding hydrogens is 356 g/mol. The van der Waals surface area contributed by atoms with Crippen LogP contribution in [0.15, 0.2) is 11.5 Å². The largest absolute Gasteiger partial charge is 0.465 e. The predicted octanol–water partition coefficient (Wildman–Crippen LogP) is 1.38. The number of esters is 1. The first-order valence-electron chi connectivity index (χ1n) is 8.33. The summed E-state index contributed by atoms with van der Waals surface area (Å²) in [6, 6.07) is 0.228. The van der Waals surface area contributed by atoms with Crippen LogP contribution in [0.4, 0.5) is 11.9 Å². The number of hydrogen-bond donors (Lipinski definition) is 1. The van der Waals surface area contributed by atoms with Gasteiger partial charge in [-0.15, -0.1) is 5.10 Å². The molecule has 0 aliphatic carbocycles. The Kier molecular flexibility index (Phi) is 7.13. The minimum Gasteiger partial charge on any atom is -0.465 e. The lowest BCUT2D eigenvalue weighted by molar-refractivity contribution is -0.139. The van der Waals surface area contributed by atoms with Gasteiger partial charge in [0.25, 0.3) is 5.95 Å². The van der Waals surface area contributed by atoms with Crippen molar-refractivity contribution in [2.45, 2.75) is 38.4 Å². The SMILES string of the molecule is CCOC(=O)CSc1ncn(-c2nc(N[C@@H](C)CC)nc(N(C)C)n2)n1. The van der Waals surface area contributed by atoms with Gasteiger partial charge in [-0.1, -0.05) is 18.7 Å². The Labute approximate surface area is 156 Å². The van der Waals surface area contributed by atoms with Crippen molar-refractivity contribution in [1.82, 2.24) is 29.7 Å². The van der Waals surface area contributed by atoms with Crippen LogP contribution in [0.25, 0.3) is 5.95 Å². The molecule has 142 valence electrons. The zero-order chi connectivity index (χ0) is 19.1. The van der Waals surface area contributed by atoms with E-state index in [9.17, 15) is 4.79 Å². The van der Waals surface area contributed by atoms with Crippen LogP contribution in [-0.2, 0) is 9.53 Å². The van der Waals surface area contributed by atoms with Gasteiger partial charge in [0, 0.05) is 20.1 Å². The summed E-state index contributed by atoms with van der Waals surface area (Å²) in [4.78, 5) is 30.6. The lowest BCUT2D eigenvalue weighted by atomic mass is 10.3. The molecule has 10 nitrogen and oxygen atoms in total. The number of aromatic nitrogens is 6. The summed E-state index contributed by atoms with van der Waals surface area (Å²) < 4.78 is 6.35. The van der Waals surface area contributed by atoms with E-state index in [4.69, 9.17) is 4.74 Å². The molecule has 0 spiro atoms. The van der Waals surface area contributed by atoms with E-state index in [-0.39, 0.29) is 17.8 Å². The molecule has 0 aromatic carbocycles. The van der Waals surface area contributed by atoms with E-state index in [1.807, 2.05) is 14.1 Å². The van der Waals surface area contributed by atoms with Crippen LogP contribution in [-0.4, -0.2) is 68.2 Å². The van der Waals surface area contributed by atoms with Crippen LogP contribution in [0.2, 0.25) is 0 Å². The molecule has 1 N–H and O–H groups in total. The van der Waals surface area contributed by atoms with E-state index in [2.05, 4.69) is 44.2 Å². The second-order valence-electron chi connectivity index (χ2n) is 5.67. The van der Waals surface area contributed by atoms with E-state index >= 15 is 0 Å². The van der Waals surface area contributed by atoms with Crippen molar-refractivity contribution >= 4 is 29.6 Å².